The van der Waals surface area contributed by atoms with Gasteiger partial charge in [-0.2, -0.15) is 0 Å². The number of nitrogens with zero attached hydrogens (tertiary/aromatic N) is 1. The highest BCUT2D eigenvalue weighted by Crippen LogP contribution is 2.25. The topological polar surface area (TPSA) is 20.7 Å². The Bertz CT molecular complexity index is 681. The number of rotatable bonds is 3. The summed E-state index contributed by atoms with van der Waals surface area (Å²) in [5, 5.41) is 0.766. The number of allylic oxidation sites excluding steroid dienone is 2. The third-order valence-corrected chi connectivity index (χ3v) is 4.41. The summed E-state index contributed by atoms with van der Waals surface area (Å²) in [7, 11) is 0. The number of aryl methyl sites for hydroxylation is 1. The molecule has 1 aliphatic carbocycles. The van der Waals surface area contributed by atoms with Gasteiger partial charge in [0, 0.05) is 6.54 Å². The van der Waals surface area contributed by atoms with Crippen LogP contribution in [0.2, 0.25) is 5.02 Å². The lowest BCUT2D eigenvalue weighted by molar-refractivity contribution is 0.630. The molecule has 0 aliphatic heterocycles. The van der Waals surface area contributed by atoms with Crippen molar-refractivity contribution in [1.29, 1.82) is 0 Å². The van der Waals surface area contributed by atoms with Gasteiger partial charge in [-0.15, -0.1) is 0 Å². The van der Waals surface area contributed by atoms with Crippen molar-refractivity contribution >= 4 is 34.9 Å². The van der Waals surface area contributed by atoms with E-state index in [9.17, 15) is 0 Å². The van der Waals surface area contributed by atoms with Crippen LogP contribution in [0.4, 0.5) is 0 Å². The summed E-state index contributed by atoms with van der Waals surface area (Å²) in [6.07, 6.45) is 8.60. The zero-order chi connectivity index (χ0) is 13.2. The van der Waals surface area contributed by atoms with Gasteiger partial charge >= 0.3 is 0 Å². The maximum absolute atomic E-state index is 6.30. The molecule has 0 saturated heterocycles. The standard InChI is InChI=1S/C15H17ClN2S/c16-12-7-4-8-13-14(12)18(15(19)17-13)10-9-11-5-2-1-3-6-11/h4-5,7-8H,1-3,6,9-10H2,(H,17,19). The molecule has 1 aromatic carbocycles. The molecular formula is C15H17ClN2S. The summed E-state index contributed by atoms with van der Waals surface area (Å²) in [4.78, 5) is 3.23. The fourth-order valence-electron chi connectivity index (χ4n) is 2.78. The number of fused-ring (bicyclic) bond motifs is 1. The minimum atomic E-state index is 0.763. The Morgan fingerprint density at radius 3 is 3.00 bits per heavy atom. The number of hydrogen-bond donors (Lipinski definition) is 1. The molecular weight excluding hydrogens is 276 g/mol. The van der Waals surface area contributed by atoms with Crippen LogP contribution in [-0.4, -0.2) is 9.55 Å². The van der Waals surface area contributed by atoms with Crippen LogP contribution >= 0.6 is 23.8 Å². The molecule has 1 N–H and O–H groups in total. The van der Waals surface area contributed by atoms with Crippen molar-refractivity contribution < 1.29 is 0 Å². The first-order valence-electron chi connectivity index (χ1n) is 6.80. The lowest BCUT2D eigenvalue weighted by atomic mass is 9.97. The van der Waals surface area contributed by atoms with Crippen LogP contribution in [0.5, 0.6) is 0 Å². The Kier molecular flexibility index (Phi) is 3.76. The minimum Gasteiger partial charge on any atom is -0.331 e. The lowest BCUT2D eigenvalue weighted by Crippen LogP contribution is -2.01. The number of H-pyrrole nitrogens is 1. The molecule has 0 saturated carbocycles. The van der Waals surface area contributed by atoms with Crippen LogP contribution in [0.3, 0.4) is 0 Å². The van der Waals surface area contributed by atoms with E-state index in [1.165, 1.54) is 25.7 Å². The van der Waals surface area contributed by atoms with Crippen molar-refractivity contribution in [2.75, 3.05) is 0 Å². The molecule has 1 aromatic heterocycles. The first-order valence-corrected chi connectivity index (χ1v) is 7.59. The summed E-state index contributed by atoms with van der Waals surface area (Å²) in [5.74, 6) is 0. The van der Waals surface area contributed by atoms with Crippen molar-refractivity contribution in [3.8, 4) is 0 Å². The third-order valence-electron chi connectivity index (χ3n) is 3.79. The van der Waals surface area contributed by atoms with Gasteiger partial charge in [0.2, 0.25) is 0 Å². The molecule has 0 fully saturated rings. The number of imidazole rings is 1. The van der Waals surface area contributed by atoms with Gasteiger partial charge < -0.3 is 9.55 Å². The number of hydrogen-bond acceptors (Lipinski definition) is 1. The zero-order valence-corrected chi connectivity index (χ0v) is 12.4. The minimum absolute atomic E-state index is 0.763. The zero-order valence-electron chi connectivity index (χ0n) is 10.8. The van der Waals surface area contributed by atoms with E-state index < -0.39 is 0 Å². The van der Waals surface area contributed by atoms with Gasteiger partial charge in [-0.3, -0.25) is 0 Å². The Morgan fingerprint density at radius 1 is 1.32 bits per heavy atom. The molecule has 0 spiro atoms. The third kappa shape index (κ3) is 2.63. The van der Waals surface area contributed by atoms with E-state index in [0.717, 1.165) is 33.8 Å². The van der Waals surface area contributed by atoms with Crippen LogP contribution in [0.15, 0.2) is 29.8 Å². The van der Waals surface area contributed by atoms with E-state index >= 15 is 0 Å². The highest BCUT2D eigenvalue weighted by molar-refractivity contribution is 7.71. The predicted octanol–water partition coefficient (Wildman–Crippen LogP) is 5.24. The number of aromatic nitrogens is 2. The van der Waals surface area contributed by atoms with Crippen molar-refractivity contribution in [3.05, 3.63) is 39.6 Å². The van der Waals surface area contributed by atoms with Crippen LogP contribution in [0.25, 0.3) is 11.0 Å². The quantitative estimate of drug-likeness (QED) is 0.606. The summed E-state index contributed by atoms with van der Waals surface area (Å²) >= 11 is 11.7. The molecule has 0 amide bonds. The molecule has 0 atom stereocenters. The van der Waals surface area contributed by atoms with Gasteiger partial charge in [-0.25, -0.2) is 0 Å². The van der Waals surface area contributed by atoms with Gasteiger partial charge in [0.05, 0.1) is 16.1 Å². The molecule has 2 aromatic rings. The van der Waals surface area contributed by atoms with Gasteiger partial charge in [0.25, 0.3) is 0 Å². The van der Waals surface area contributed by atoms with Crippen LogP contribution < -0.4 is 0 Å². The first-order chi connectivity index (χ1) is 9.25. The fraction of sp³-hybridized carbons (Fsp3) is 0.400. The molecule has 2 nitrogen and oxygen atoms in total. The van der Waals surface area contributed by atoms with E-state index in [1.807, 2.05) is 18.2 Å². The van der Waals surface area contributed by atoms with Crippen LogP contribution in [0.1, 0.15) is 32.1 Å². The van der Waals surface area contributed by atoms with Crippen LogP contribution in [0, 0.1) is 4.77 Å². The largest absolute Gasteiger partial charge is 0.331 e. The lowest BCUT2D eigenvalue weighted by Gasteiger charge is -2.13. The smallest absolute Gasteiger partial charge is 0.178 e. The number of nitrogens with one attached hydrogen (secondary N) is 1. The maximum atomic E-state index is 6.30. The van der Waals surface area contributed by atoms with Crippen molar-refractivity contribution in [2.24, 2.45) is 0 Å². The summed E-state index contributed by atoms with van der Waals surface area (Å²) in [6.45, 7) is 0.911. The van der Waals surface area contributed by atoms with E-state index in [2.05, 4.69) is 15.6 Å². The molecule has 0 radical (unpaired) electrons. The Hall–Kier alpha value is -1.06. The Balaban J connectivity index is 1.90. The second-order valence-corrected chi connectivity index (χ2v) is 5.87. The van der Waals surface area contributed by atoms with Crippen molar-refractivity contribution in [3.63, 3.8) is 0 Å². The highest BCUT2D eigenvalue weighted by atomic mass is 35.5. The number of halogens is 1. The molecule has 0 unspecified atom stereocenters. The molecule has 1 heterocycles. The molecule has 100 valence electrons. The molecule has 4 heteroatoms. The fourth-order valence-corrected chi connectivity index (χ4v) is 3.34. The summed E-state index contributed by atoms with van der Waals surface area (Å²) < 4.78 is 2.89. The average molecular weight is 293 g/mol. The molecule has 1 aliphatic rings. The van der Waals surface area contributed by atoms with Gasteiger partial charge in [-0.05, 0) is 56.5 Å². The number of aromatic amines is 1. The van der Waals surface area contributed by atoms with Crippen molar-refractivity contribution in [1.82, 2.24) is 9.55 Å². The predicted molar refractivity (Wildman–Crippen MR) is 83.3 cm³/mol. The van der Waals surface area contributed by atoms with Crippen LogP contribution in [-0.2, 0) is 6.54 Å². The van der Waals surface area contributed by atoms with Gasteiger partial charge in [0.15, 0.2) is 4.77 Å². The number of benzene rings is 1. The average Bonchev–Trinajstić information content (AvgIpc) is 2.75. The monoisotopic (exact) mass is 292 g/mol. The van der Waals surface area contributed by atoms with E-state index in [4.69, 9.17) is 23.8 Å². The van der Waals surface area contributed by atoms with E-state index in [-0.39, 0.29) is 0 Å². The molecule has 0 bridgehead atoms. The summed E-state index contributed by atoms with van der Waals surface area (Å²) in [5.41, 5.74) is 3.62. The van der Waals surface area contributed by atoms with E-state index in [1.54, 1.807) is 5.57 Å². The van der Waals surface area contributed by atoms with Gasteiger partial charge in [-0.1, -0.05) is 29.3 Å². The maximum Gasteiger partial charge on any atom is 0.178 e. The second kappa shape index (κ2) is 5.51. The van der Waals surface area contributed by atoms with Crippen molar-refractivity contribution in [2.45, 2.75) is 38.6 Å². The SMILES string of the molecule is S=c1[nH]c2cccc(Cl)c2n1CCC1=CCCCC1. The highest BCUT2D eigenvalue weighted by Gasteiger charge is 2.09. The first kappa shape index (κ1) is 12.9. The molecule has 19 heavy (non-hydrogen) atoms. The molecule has 3 rings (SSSR count). The summed E-state index contributed by atoms with van der Waals surface area (Å²) in [6, 6.07) is 5.89. The van der Waals surface area contributed by atoms with Gasteiger partial charge in [0.1, 0.15) is 0 Å². The normalized spacial score (nSPS) is 15.7. The van der Waals surface area contributed by atoms with E-state index in [0.29, 0.717) is 0 Å². The second-order valence-electron chi connectivity index (χ2n) is 5.08. The Morgan fingerprint density at radius 2 is 2.21 bits per heavy atom. The Labute approximate surface area is 123 Å². The number of para-hydroxylation sites is 1.